The highest BCUT2D eigenvalue weighted by molar-refractivity contribution is 5.83. The van der Waals surface area contributed by atoms with E-state index in [1.54, 1.807) is 25.2 Å². The number of para-hydroxylation sites is 2. The highest BCUT2D eigenvalue weighted by atomic mass is 16.6. The molecule has 0 heterocycles. The summed E-state index contributed by atoms with van der Waals surface area (Å²) in [5, 5.41) is 23.4. The summed E-state index contributed by atoms with van der Waals surface area (Å²) < 4.78 is 0. The van der Waals surface area contributed by atoms with Crippen LogP contribution < -0.4 is 10.2 Å². The van der Waals surface area contributed by atoms with Crippen LogP contribution in [0.15, 0.2) is 24.3 Å². The topological polar surface area (TPSA) is 95.7 Å². The number of anilines is 1. The number of nitrogens with zero attached hydrogens (tertiary/aromatic N) is 2. The van der Waals surface area contributed by atoms with Gasteiger partial charge in [-0.05, 0) is 31.7 Å². The molecule has 1 aromatic carbocycles. The van der Waals surface area contributed by atoms with Crippen molar-refractivity contribution < 1.29 is 14.8 Å². The highest BCUT2D eigenvalue weighted by Crippen LogP contribution is 2.39. The van der Waals surface area contributed by atoms with Crippen LogP contribution in [0.2, 0.25) is 0 Å². The summed E-state index contributed by atoms with van der Waals surface area (Å²) in [6, 6.07) is 6.30. The Balaban J connectivity index is 2.04. The van der Waals surface area contributed by atoms with E-state index in [1.807, 2.05) is 6.92 Å². The van der Waals surface area contributed by atoms with Gasteiger partial charge in [0.2, 0.25) is 5.91 Å². The molecule has 120 valence electrons. The maximum absolute atomic E-state index is 12.2. The van der Waals surface area contributed by atoms with Crippen molar-refractivity contribution in [3.63, 3.8) is 0 Å². The van der Waals surface area contributed by atoms with Gasteiger partial charge in [-0.15, -0.1) is 0 Å². The lowest BCUT2D eigenvalue weighted by Gasteiger charge is -2.30. The van der Waals surface area contributed by atoms with Crippen molar-refractivity contribution in [2.45, 2.75) is 25.3 Å². The van der Waals surface area contributed by atoms with Gasteiger partial charge in [-0.2, -0.15) is 0 Å². The summed E-state index contributed by atoms with van der Waals surface area (Å²) in [7, 11) is 1.63. The molecule has 2 N–H and O–H groups in total. The molecule has 0 bridgehead atoms. The summed E-state index contributed by atoms with van der Waals surface area (Å²) in [6.07, 6.45) is 1.99. The molecule has 0 saturated heterocycles. The van der Waals surface area contributed by atoms with Crippen molar-refractivity contribution in [3.05, 3.63) is 34.4 Å². The van der Waals surface area contributed by atoms with Gasteiger partial charge >= 0.3 is 0 Å². The molecule has 1 fully saturated rings. The minimum atomic E-state index is -0.611. The molecule has 1 aliphatic carbocycles. The number of hydrogen-bond donors (Lipinski definition) is 2. The third-order valence-corrected chi connectivity index (χ3v) is 4.10. The van der Waals surface area contributed by atoms with Crippen LogP contribution in [-0.2, 0) is 4.79 Å². The summed E-state index contributed by atoms with van der Waals surface area (Å²) in [4.78, 5) is 24.3. The number of benzene rings is 1. The molecule has 1 unspecified atom stereocenters. The Bertz CT molecular complexity index is 574. The fraction of sp³-hybridized carbons (Fsp3) is 0.533. The average molecular weight is 307 g/mol. The molecule has 1 aliphatic rings. The van der Waals surface area contributed by atoms with Crippen molar-refractivity contribution in [2.75, 3.05) is 25.1 Å². The number of carbonyl (C=O) groups excluding carboxylic acids is 1. The zero-order valence-electron chi connectivity index (χ0n) is 12.8. The van der Waals surface area contributed by atoms with Crippen molar-refractivity contribution in [1.82, 2.24) is 5.32 Å². The quantitative estimate of drug-likeness (QED) is 0.585. The lowest BCUT2D eigenvalue weighted by molar-refractivity contribution is -0.384. The Morgan fingerprint density at radius 2 is 2.14 bits per heavy atom. The molecule has 7 heteroatoms. The third kappa shape index (κ3) is 3.54. The summed E-state index contributed by atoms with van der Waals surface area (Å²) in [5.74, 6) is 0.0434. The molecule has 1 atom stereocenters. The molecule has 22 heavy (non-hydrogen) atoms. The minimum absolute atomic E-state index is 0.00678. The van der Waals surface area contributed by atoms with Crippen LogP contribution in [0.1, 0.15) is 19.8 Å². The van der Waals surface area contributed by atoms with Gasteiger partial charge in [-0.3, -0.25) is 14.9 Å². The van der Waals surface area contributed by atoms with Gasteiger partial charge in [0, 0.05) is 13.1 Å². The van der Waals surface area contributed by atoms with E-state index in [-0.39, 0.29) is 24.7 Å². The Morgan fingerprint density at radius 1 is 1.50 bits per heavy atom. The largest absolute Gasteiger partial charge is 0.394 e. The summed E-state index contributed by atoms with van der Waals surface area (Å²) >= 11 is 0. The monoisotopic (exact) mass is 307 g/mol. The number of nitrogens with one attached hydrogen (secondary N) is 1. The Hall–Kier alpha value is -2.15. The molecule has 0 aromatic heterocycles. The Labute approximate surface area is 129 Å². The second-order valence-corrected chi connectivity index (χ2v) is 6.00. The molecule has 0 spiro atoms. The normalized spacial score (nSPS) is 16.7. The predicted octanol–water partition coefficient (Wildman–Crippen LogP) is 1.31. The smallest absolute Gasteiger partial charge is 0.292 e. The maximum atomic E-state index is 12.2. The van der Waals surface area contributed by atoms with Crippen molar-refractivity contribution in [2.24, 2.45) is 5.92 Å². The molecule has 1 saturated carbocycles. The van der Waals surface area contributed by atoms with Crippen LogP contribution in [0.5, 0.6) is 0 Å². The summed E-state index contributed by atoms with van der Waals surface area (Å²) in [6.45, 7) is 1.71. The molecule has 2 rings (SSSR count). The van der Waals surface area contributed by atoms with Crippen molar-refractivity contribution in [1.29, 1.82) is 0 Å². The molecule has 1 amide bonds. The first kappa shape index (κ1) is 16.2. The SMILES string of the molecule is CN(CC(=O)NC(C)(CO)C1CC1)c1ccccc1[N+](=O)[O-]. The zero-order chi connectivity index (χ0) is 16.3. The number of rotatable bonds is 7. The van der Waals surface area contributed by atoms with Gasteiger partial charge < -0.3 is 15.3 Å². The number of aliphatic hydroxyl groups excluding tert-OH is 1. The average Bonchev–Trinajstić information content (AvgIpc) is 3.31. The van der Waals surface area contributed by atoms with Gasteiger partial charge in [0.15, 0.2) is 0 Å². The Morgan fingerprint density at radius 3 is 2.68 bits per heavy atom. The predicted molar refractivity (Wildman–Crippen MR) is 82.7 cm³/mol. The van der Waals surface area contributed by atoms with E-state index in [0.29, 0.717) is 11.6 Å². The van der Waals surface area contributed by atoms with Gasteiger partial charge in [-0.25, -0.2) is 0 Å². The first-order valence-corrected chi connectivity index (χ1v) is 7.24. The van der Waals surface area contributed by atoms with Gasteiger partial charge in [0.05, 0.1) is 23.6 Å². The second kappa shape index (κ2) is 6.31. The standard InChI is InChI=1S/C15H21N3O4/c1-15(10-19,11-7-8-11)16-14(20)9-17(2)12-5-3-4-6-13(12)18(21)22/h3-6,11,19H,7-10H2,1-2H3,(H,16,20). The number of aliphatic hydroxyl groups is 1. The van der Waals surface area contributed by atoms with Gasteiger partial charge in [0.1, 0.15) is 5.69 Å². The number of hydrogen-bond acceptors (Lipinski definition) is 5. The van der Waals surface area contributed by atoms with E-state index in [2.05, 4.69) is 5.32 Å². The Kier molecular flexibility index (Phi) is 4.65. The second-order valence-electron chi connectivity index (χ2n) is 6.00. The van der Waals surface area contributed by atoms with Crippen LogP contribution in [0.4, 0.5) is 11.4 Å². The van der Waals surface area contributed by atoms with Crippen LogP contribution >= 0.6 is 0 Å². The fourth-order valence-corrected chi connectivity index (χ4v) is 2.59. The number of amides is 1. The van der Waals surface area contributed by atoms with Crippen LogP contribution in [0.3, 0.4) is 0 Å². The molecule has 1 aromatic rings. The number of carbonyl (C=O) groups is 1. The molecule has 0 aliphatic heterocycles. The summed E-state index contributed by atoms with van der Waals surface area (Å²) in [5.41, 5.74) is -0.259. The molecular formula is C15H21N3O4. The molecule has 7 nitrogen and oxygen atoms in total. The van der Waals surface area contributed by atoms with Crippen LogP contribution in [0, 0.1) is 16.0 Å². The van der Waals surface area contributed by atoms with Crippen LogP contribution in [0.25, 0.3) is 0 Å². The van der Waals surface area contributed by atoms with E-state index in [0.717, 1.165) is 12.8 Å². The number of likely N-dealkylation sites (N-methyl/N-ethyl adjacent to an activating group) is 1. The van der Waals surface area contributed by atoms with Crippen molar-refractivity contribution >= 4 is 17.3 Å². The molecular weight excluding hydrogens is 286 g/mol. The van der Waals surface area contributed by atoms with Gasteiger partial charge in [-0.1, -0.05) is 12.1 Å². The highest BCUT2D eigenvalue weighted by Gasteiger charge is 2.42. The number of nitro benzene ring substituents is 1. The minimum Gasteiger partial charge on any atom is -0.394 e. The van der Waals surface area contributed by atoms with E-state index in [1.165, 1.54) is 11.0 Å². The first-order valence-electron chi connectivity index (χ1n) is 7.24. The van der Waals surface area contributed by atoms with Crippen LogP contribution in [-0.4, -0.2) is 41.7 Å². The fourth-order valence-electron chi connectivity index (χ4n) is 2.59. The third-order valence-electron chi connectivity index (χ3n) is 4.10. The van der Waals surface area contributed by atoms with E-state index >= 15 is 0 Å². The van der Waals surface area contributed by atoms with E-state index in [9.17, 15) is 20.0 Å². The first-order chi connectivity index (χ1) is 10.4. The lowest BCUT2D eigenvalue weighted by Crippen LogP contribution is -2.53. The van der Waals surface area contributed by atoms with Gasteiger partial charge in [0.25, 0.3) is 5.69 Å². The van der Waals surface area contributed by atoms with E-state index < -0.39 is 10.5 Å². The maximum Gasteiger partial charge on any atom is 0.292 e. The van der Waals surface area contributed by atoms with Crippen molar-refractivity contribution in [3.8, 4) is 0 Å². The zero-order valence-corrected chi connectivity index (χ0v) is 12.8. The van der Waals surface area contributed by atoms with E-state index in [4.69, 9.17) is 0 Å². The number of nitro groups is 1. The molecule has 0 radical (unpaired) electrons. The lowest BCUT2D eigenvalue weighted by atomic mass is 9.97.